The van der Waals surface area contributed by atoms with Gasteiger partial charge in [-0.25, -0.2) is 0 Å². The molecule has 1 amide bonds. The van der Waals surface area contributed by atoms with Crippen LogP contribution in [0.4, 0.5) is 0 Å². The molecule has 2 heterocycles. The molecule has 0 spiro atoms. The second kappa shape index (κ2) is 6.38. The lowest BCUT2D eigenvalue weighted by molar-refractivity contribution is -0.125. The molecule has 1 aliphatic carbocycles. The van der Waals surface area contributed by atoms with Crippen LogP contribution in [0.5, 0.6) is 0 Å². The summed E-state index contributed by atoms with van der Waals surface area (Å²) >= 11 is 0. The number of carbonyl (C=O) groups is 1. The lowest BCUT2D eigenvalue weighted by Crippen LogP contribution is -2.34. The first-order chi connectivity index (χ1) is 12.5. The van der Waals surface area contributed by atoms with Crippen LogP contribution in [0.25, 0.3) is 5.57 Å². The molecule has 2 fully saturated rings. The molecule has 26 heavy (non-hydrogen) atoms. The second-order valence-corrected chi connectivity index (χ2v) is 7.73. The summed E-state index contributed by atoms with van der Waals surface area (Å²) in [5, 5.41) is 8.33. The molecule has 2 aliphatic rings. The zero-order valence-electron chi connectivity index (χ0n) is 15.7. The summed E-state index contributed by atoms with van der Waals surface area (Å²) in [5.74, 6) is 1.81. The number of allylic oxidation sites excluding steroid dienone is 1. The third-order valence-electron chi connectivity index (χ3n) is 6.04. The third kappa shape index (κ3) is 2.75. The van der Waals surface area contributed by atoms with Gasteiger partial charge >= 0.3 is 0 Å². The van der Waals surface area contributed by atoms with Crippen molar-refractivity contribution in [3.05, 3.63) is 53.2 Å². The van der Waals surface area contributed by atoms with Crippen LogP contribution in [-0.2, 0) is 10.2 Å². The molecule has 136 valence electrons. The quantitative estimate of drug-likeness (QED) is 0.792. The molecule has 0 bridgehead atoms. The summed E-state index contributed by atoms with van der Waals surface area (Å²) in [4.78, 5) is 14.9. The summed E-state index contributed by atoms with van der Waals surface area (Å²) in [6.07, 6.45) is 5.07. The van der Waals surface area contributed by atoms with Gasteiger partial charge in [0.2, 0.25) is 17.7 Å². The Morgan fingerprint density at radius 2 is 2.12 bits per heavy atom. The number of likely N-dealkylation sites (tertiary alicyclic amines) is 1. The predicted octanol–water partition coefficient (Wildman–Crippen LogP) is 3.67. The van der Waals surface area contributed by atoms with E-state index in [2.05, 4.69) is 29.3 Å². The van der Waals surface area contributed by atoms with Crippen molar-refractivity contribution in [1.82, 2.24) is 15.1 Å². The van der Waals surface area contributed by atoms with Crippen molar-refractivity contribution < 1.29 is 9.21 Å². The minimum absolute atomic E-state index is 0.0794. The van der Waals surface area contributed by atoms with Gasteiger partial charge in [0.1, 0.15) is 0 Å². The zero-order valence-corrected chi connectivity index (χ0v) is 15.7. The smallest absolute Gasteiger partial charge is 0.246 e. The topological polar surface area (TPSA) is 59.2 Å². The van der Waals surface area contributed by atoms with Crippen LogP contribution >= 0.6 is 0 Å². The first-order valence-electron chi connectivity index (χ1n) is 9.33. The fourth-order valence-electron chi connectivity index (χ4n) is 4.67. The van der Waals surface area contributed by atoms with E-state index in [-0.39, 0.29) is 11.3 Å². The Balaban J connectivity index is 1.57. The van der Waals surface area contributed by atoms with Crippen LogP contribution in [0, 0.1) is 19.8 Å². The van der Waals surface area contributed by atoms with Gasteiger partial charge in [-0.3, -0.25) is 4.79 Å². The van der Waals surface area contributed by atoms with Crippen LogP contribution in [0.2, 0.25) is 0 Å². The number of rotatable bonds is 3. The van der Waals surface area contributed by atoms with Crippen LogP contribution in [0.3, 0.4) is 0 Å². The Bertz CT molecular complexity index is 870. The Kier molecular flexibility index (Phi) is 4.17. The highest BCUT2D eigenvalue weighted by Crippen LogP contribution is 2.50. The van der Waals surface area contributed by atoms with E-state index in [0.717, 1.165) is 36.9 Å². The first kappa shape index (κ1) is 17.0. The lowest BCUT2D eigenvalue weighted by atomic mass is 9.80. The summed E-state index contributed by atoms with van der Waals surface area (Å²) in [7, 11) is 0. The fourth-order valence-corrected chi connectivity index (χ4v) is 4.67. The number of hydrogen-bond donors (Lipinski definition) is 0. The minimum atomic E-state index is -0.151. The summed E-state index contributed by atoms with van der Waals surface area (Å²) < 4.78 is 5.79. The van der Waals surface area contributed by atoms with E-state index in [1.54, 1.807) is 6.08 Å². The van der Waals surface area contributed by atoms with Crippen molar-refractivity contribution in [3.8, 4) is 0 Å². The molecule has 1 saturated carbocycles. The number of aromatic nitrogens is 2. The molecule has 1 aromatic carbocycles. The third-order valence-corrected chi connectivity index (χ3v) is 6.04. The van der Waals surface area contributed by atoms with Crippen LogP contribution in [0.1, 0.15) is 49.1 Å². The number of aryl methyl sites for hydroxylation is 2. The highest BCUT2D eigenvalue weighted by molar-refractivity contribution is 5.95. The molecule has 1 aromatic heterocycles. The van der Waals surface area contributed by atoms with E-state index < -0.39 is 0 Å². The van der Waals surface area contributed by atoms with Gasteiger partial charge in [-0.2, -0.15) is 0 Å². The number of hydrogen-bond acceptors (Lipinski definition) is 4. The van der Waals surface area contributed by atoms with E-state index in [0.29, 0.717) is 24.2 Å². The van der Waals surface area contributed by atoms with Crippen molar-refractivity contribution >= 4 is 11.5 Å². The molecule has 2 atom stereocenters. The number of benzene rings is 1. The van der Waals surface area contributed by atoms with Gasteiger partial charge < -0.3 is 9.32 Å². The van der Waals surface area contributed by atoms with Gasteiger partial charge in [0.15, 0.2) is 0 Å². The maximum Gasteiger partial charge on any atom is 0.246 e. The molecule has 0 unspecified atom stereocenters. The average molecular weight is 351 g/mol. The van der Waals surface area contributed by atoms with E-state index in [4.69, 9.17) is 4.42 Å². The average Bonchev–Trinajstić information content (AvgIpc) is 3.28. The highest BCUT2D eigenvalue weighted by atomic mass is 16.4. The van der Waals surface area contributed by atoms with E-state index >= 15 is 0 Å². The minimum Gasteiger partial charge on any atom is -0.425 e. The molecular formula is C21H25N3O2. The molecular weight excluding hydrogens is 326 g/mol. The molecule has 0 N–H and O–H groups in total. The largest absolute Gasteiger partial charge is 0.425 e. The van der Waals surface area contributed by atoms with Gasteiger partial charge in [0, 0.05) is 26.1 Å². The van der Waals surface area contributed by atoms with Crippen molar-refractivity contribution in [1.29, 1.82) is 0 Å². The maximum absolute atomic E-state index is 12.9. The van der Waals surface area contributed by atoms with Gasteiger partial charge in [-0.1, -0.05) is 30.7 Å². The van der Waals surface area contributed by atoms with Crippen molar-refractivity contribution in [2.45, 2.75) is 45.4 Å². The van der Waals surface area contributed by atoms with Gasteiger partial charge in [0.25, 0.3) is 0 Å². The van der Waals surface area contributed by atoms with E-state index in [9.17, 15) is 4.79 Å². The normalized spacial score (nSPS) is 25.6. The maximum atomic E-state index is 12.9. The fraction of sp³-hybridized carbons (Fsp3) is 0.476. The standard InChI is InChI=1S/C21H25N3O2/c1-14-7-4-5-9-18(14)15(2)11-19(25)24-12-17-8-6-10-21(17,13-24)20-23-22-16(3)26-20/h4-5,7,9,11,17H,6,8,10,12-13H2,1-3H3/b15-11+/t17-,21-/m0/s1. The summed E-state index contributed by atoms with van der Waals surface area (Å²) in [6.45, 7) is 7.36. The van der Waals surface area contributed by atoms with Crippen LogP contribution in [0.15, 0.2) is 34.8 Å². The Morgan fingerprint density at radius 3 is 2.85 bits per heavy atom. The number of amides is 1. The summed E-state index contributed by atoms with van der Waals surface area (Å²) in [5.41, 5.74) is 3.17. The monoisotopic (exact) mass is 351 g/mol. The first-order valence-corrected chi connectivity index (χ1v) is 9.33. The van der Waals surface area contributed by atoms with E-state index in [1.807, 2.05) is 30.9 Å². The van der Waals surface area contributed by atoms with Gasteiger partial charge in [-0.15, -0.1) is 10.2 Å². The number of carbonyl (C=O) groups excluding carboxylic acids is 1. The molecule has 5 heteroatoms. The van der Waals surface area contributed by atoms with E-state index in [1.165, 1.54) is 5.56 Å². The molecule has 0 radical (unpaired) electrons. The SMILES string of the molecule is C/C(=C\C(=O)N1C[C@@H]2CCC[C@]2(c2nnc(C)o2)C1)c1ccccc1C. The number of fused-ring (bicyclic) bond motifs is 1. The molecule has 1 saturated heterocycles. The van der Waals surface area contributed by atoms with Gasteiger partial charge in [0.05, 0.1) is 5.41 Å². The van der Waals surface area contributed by atoms with Gasteiger partial charge in [-0.05, 0) is 49.3 Å². The highest BCUT2D eigenvalue weighted by Gasteiger charge is 2.54. The van der Waals surface area contributed by atoms with Crippen LogP contribution < -0.4 is 0 Å². The predicted molar refractivity (Wildman–Crippen MR) is 99.5 cm³/mol. The molecule has 5 nitrogen and oxygen atoms in total. The van der Waals surface area contributed by atoms with Crippen molar-refractivity contribution in [3.63, 3.8) is 0 Å². The Morgan fingerprint density at radius 1 is 1.31 bits per heavy atom. The molecule has 1 aliphatic heterocycles. The molecule has 2 aromatic rings. The van der Waals surface area contributed by atoms with Crippen molar-refractivity contribution in [2.75, 3.05) is 13.1 Å². The lowest BCUT2D eigenvalue weighted by Gasteiger charge is -2.24. The van der Waals surface area contributed by atoms with Crippen molar-refractivity contribution in [2.24, 2.45) is 5.92 Å². The molecule has 4 rings (SSSR count). The Labute approximate surface area is 154 Å². The summed E-state index contributed by atoms with van der Waals surface area (Å²) in [6, 6.07) is 8.17. The Hall–Kier alpha value is -2.43. The van der Waals surface area contributed by atoms with Crippen LogP contribution in [-0.4, -0.2) is 34.1 Å². The zero-order chi connectivity index (χ0) is 18.3. The second-order valence-electron chi connectivity index (χ2n) is 7.73. The number of nitrogens with zero attached hydrogens (tertiary/aromatic N) is 3.